The van der Waals surface area contributed by atoms with Crippen LogP contribution in [0, 0.1) is 17.7 Å². The molecule has 0 fully saturated rings. The molecule has 1 aromatic carbocycles. The summed E-state index contributed by atoms with van der Waals surface area (Å²) in [6, 6.07) is 4.53. The van der Waals surface area contributed by atoms with Crippen molar-refractivity contribution in [3.05, 3.63) is 35.1 Å². The number of carbonyl (C=O) groups is 1. The van der Waals surface area contributed by atoms with Crippen LogP contribution in [0.4, 0.5) is 4.39 Å². The average Bonchev–Trinajstić information content (AvgIpc) is 2.44. The molecule has 21 heavy (non-hydrogen) atoms. The number of carbonyl (C=O) groups excluding carboxylic acids is 1. The van der Waals surface area contributed by atoms with E-state index in [0.717, 1.165) is 5.56 Å². The van der Waals surface area contributed by atoms with Crippen molar-refractivity contribution in [2.45, 2.75) is 20.4 Å². The van der Waals surface area contributed by atoms with E-state index in [1.54, 1.807) is 6.07 Å². The van der Waals surface area contributed by atoms with Gasteiger partial charge in [0.25, 0.3) is 0 Å². The highest BCUT2D eigenvalue weighted by molar-refractivity contribution is 5.77. The van der Waals surface area contributed by atoms with Gasteiger partial charge in [-0.25, -0.2) is 4.39 Å². The number of nitrogens with one attached hydrogen (secondary N) is 1. The molecule has 4 nitrogen and oxygen atoms in total. The zero-order valence-corrected chi connectivity index (χ0v) is 12.4. The maximum atomic E-state index is 13.6. The molecule has 0 spiro atoms. The fourth-order valence-corrected chi connectivity index (χ4v) is 1.95. The van der Waals surface area contributed by atoms with Crippen molar-refractivity contribution in [3.63, 3.8) is 0 Å². The van der Waals surface area contributed by atoms with Gasteiger partial charge in [-0.3, -0.25) is 9.69 Å². The van der Waals surface area contributed by atoms with Crippen LogP contribution >= 0.6 is 0 Å². The van der Waals surface area contributed by atoms with Crippen molar-refractivity contribution in [2.75, 3.05) is 26.2 Å². The van der Waals surface area contributed by atoms with Crippen LogP contribution in [-0.2, 0) is 11.3 Å². The predicted molar refractivity (Wildman–Crippen MR) is 80.0 cm³/mol. The molecule has 114 valence electrons. The Balaban J connectivity index is 2.79. The molecular weight excluding hydrogens is 271 g/mol. The van der Waals surface area contributed by atoms with Crippen LogP contribution in [0.25, 0.3) is 0 Å². The Kier molecular flexibility index (Phi) is 7.44. The van der Waals surface area contributed by atoms with E-state index in [1.165, 1.54) is 12.1 Å². The zero-order chi connectivity index (χ0) is 15.7. The Morgan fingerprint density at radius 1 is 1.38 bits per heavy atom. The van der Waals surface area contributed by atoms with E-state index in [-0.39, 0.29) is 24.9 Å². The van der Waals surface area contributed by atoms with Crippen molar-refractivity contribution in [1.29, 1.82) is 0 Å². The Hall–Kier alpha value is -1.90. The third kappa shape index (κ3) is 6.39. The topological polar surface area (TPSA) is 52.6 Å². The molecule has 0 unspecified atom stereocenters. The van der Waals surface area contributed by atoms with Crippen molar-refractivity contribution in [1.82, 2.24) is 10.2 Å². The molecule has 0 atom stereocenters. The van der Waals surface area contributed by atoms with Gasteiger partial charge >= 0.3 is 0 Å². The molecule has 2 N–H and O–H groups in total. The molecule has 0 saturated carbocycles. The van der Waals surface area contributed by atoms with Crippen LogP contribution in [-0.4, -0.2) is 42.2 Å². The third-order valence-corrected chi connectivity index (χ3v) is 2.86. The summed E-state index contributed by atoms with van der Waals surface area (Å²) < 4.78 is 13.6. The van der Waals surface area contributed by atoms with Crippen LogP contribution < -0.4 is 5.32 Å². The summed E-state index contributed by atoms with van der Waals surface area (Å²) in [4.78, 5) is 13.5. The van der Waals surface area contributed by atoms with Gasteiger partial charge in [0.2, 0.25) is 5.91 Å². The summed E-state index contributed by atoms with van der Waals surface area (Å²) in [5.74, 6) is 4.77. The van der Waals surface area contributed by atoms with E-state index in [2.05, 4.69) is 17.2 Å². The van der Waals surface area contributed by atoms with Crippen molar-refractivity contribution in [2.24, 2.45) is 0 Å². The lowest BCUT2D eigenvalue weighted by Gasteiger charge is -2.20. The van der Waals surface area contributed by atoms with Gasteiger partial charge in [0.05, 0.1) is 6.54 Å². The van der Waals surface area contributed by atoms with Gasteiger partial charge in [-0.2, -0.15) is 0 Å². The number of aliphatic hydroxyl groups is 1. The van der Waals surface area contributed by atoms with Gasteiger partial charge < -0.3 is 10.4 Å². The smallest absolute Gasteiger partial charge is 0.234 e. The first-order valence-electron chi connectivity index (χ1n) is 6.97. The molecule has 0 bridgehead atoms. The summed E-state index contributed by atoms with van der Waals surface area (Å²) >= 11 is 0. The number of rotatable bonds is 6. The summed E-state index contributed by atoms with van der Waals surface area (Å²) in [5, 5.41) is 11.4. The second-order valence-corrected chi connectivity index (χ2v) is 4.56. The molecule has 1 amide bonds. The number of hydrogen-bond donors (Lipinski definition) is 2. The number of likely N-dealkylation sites (N-methyl/N-ethyl adjacent to an activating group) is 2. The minimum Gasteiger partial charge on any atom is -0.384 e. The molecule has 1 rings (SSSR count). The van der Waals surface area contributed by atoms with Gasteiger partial charge in [-0.05, 0) is 37.2 Å². The van der Waals surface area contributed by atoms with Gasteiger partial charge in [0, 0.05) is 18.7 Å². The summed E-state index contributed by atoms with van der Waals surface area (Å²) in [5.41, 5.74) is 1.27. The van der Waals surface area contributed by atoms with E-state index in [0.29, 0.717) is 25.2 Å². The normalized spacial score (nSPS) is 10.1. The average molecular weight is 292 g/mol. The minimum absolute atomic E-state index is 0.0453. The maximum Gasteiger partial charge on any atom is 0.234 e. The lowest BCUT2D eigenvalue weighted by molar-refractivity contribution is -0.122. The predicted octanol–water partition coefficient (Wildman–Crippen LogP) is 1.13. The van der Waals surface area contributed by atoms with Crippen LogP contribution in [0.2, 0.25) is 0 Å². The van der Waals surface area contributed by atoms with E-state index in [9.17, 15) is 9.18 Å². The maximum absolute atomic E-state index is 13.6. The fraction of sp³-hybridized carbons (Fsp3) is 0.438. The molecule has 0 aromatic heterocycles. The van der Waals surface area contributed by atoms with Crippen LogP contribution in [0.1, 0.15) is 25.0 Å². The van der Waals surface area contributed by atoms with Crippen LogP contribution in [0.15, 0.2) is 18.2 Å². The van der Waals surface area contributed by atoms with Crippen LogP contribution in [0.5, 0.6) is 0 Å². The van der Waals surface area contributed by atoms with E-state index >= 15 is 0 Å². The van der Waals surface area contributed by atoms with Crippen molar-refractivity contribution >= 4 is 5.91 Å². The largest absolute Gasteiger partial charge is 0.384 e. The number of halogens is 1. The standard InChI is InChI=1S/C16H21FN2O2/c1-3-18-16(21)12-19(4-2)11-14-8-13(6-5-7-20)9-15(17)10-14/h8-10,20H,3-4,7,11-12H2,1-2H3,(H,18,21). The Bertz CT molecular complexity index is 535. The van der Waals surface area contributed by atoms with Gasteiger partial charge in [0.1, 0.15) is 12.4 Å². The monoisotopic (exact) mass is 292 g/mol. The first kappa shape index (κ1) is 17.2. The molecule has 0 heterocycles. The van der Waals surface area contributed by atoms with Crippen LogP contribution in [0.3, 0.4) is 0 Å². The number of amides is 1. The van der Waals surface area contributed by atoms with Crippen molar-refractivity contribution in [3.8, 4) is 11.8 Å². The molecule has 5 heteroatoms. The molecular formula is C16H21FN2O2. The third-order valence-electron chi connectivity index (χ3n) is 2.86. The lowest BCUT2D eigenvalue weighted by Crippen LogP contribution is -2.36. The highest BCUT2D eigenvalue weighted by Gasteiger charge is 2.10. The molecule has 0 aliphatic carbocycles. The van der Waals surface area contributed by atoms with E-state index < -0.39 is 0 Å². The fourth-order valence-electron chi connectivity index (χ4n) is 1.95. The first-order chi connectivity index (χ1) is 10.1. The lowest BCUT2D eigenvalue weighted by atomic mass is 10.1. The summed E-state index contributed by atoms with van der Waals surface area (Å²) in [6.07, 6.45) is 0. The first-order valence-corrected chi connectivity index (χ1v) is 6.97. The van der Waals surface area contributed by atoms with E-state index in [4.69, 9.17) is 5.11 Å². The minimum atomic E-state index is -0.371. The van der Waals surface area contributed by atoms with E-state index in [1.807, 2.05) is 18.7 Å². The van der Waals surface area contributed by atoms with Gasteiger partial charge in [-0.1, -0.05) is 18.8 Å². The molecule has 1 aromatic rings. The second kappa shape index (κ2) is 9.11. The molecule has 0 aliphatic rings. The number of hydrogen-bond acceptors (Lipinski definition) is 3. The Labute approximate surface area is 125 Å². The Morgan fingerprint density at radius 3 is 2.76 bits per heavy atom. The second-order valence-electron chi connectivity index (χ2n) is 4.56. The zero-order valence-electron chi connectivity index (χ0n) is 12.4. The summed E-state index contributed by atoms with van der Waals surface area (Å²) in [7, 11) is 0. The SMILES string of the molecule is CCNC(=O)CN(CC)Cc1cc(F)cc(C#CCO)c1. The number of aliphatic hydroxyl groups excluding tert-OH is 1. The molecule has 0 radical (unpaired) electrons. The quantitative estimate of drug-likeness (QED) is 0.773. The molecule has 0 saturated heterocycles. The van der Waals surface area contributed by atoms with Crippen molar-refractivity contribution < 1.29 is 14.3 Å². The number of nitrogens with zero attached hydrogens (tertiary/aromatic N) is 1. The van der Waals surface area contributed by atoms with Gasteiger partial charge in [0.15, 0.2) is 0 Å². The highest BCUT2D eigenvalue weighted by atomic mass is 19.1. The highest BCUT2D eigenvalue weighted by Crippen LogP contribution is 2.11. The number of benzene rings is 1. The molecule has 0 aliphatic heterocycles. The Morgan fingerprint density at radius 2 is 2.14 bits per heavy atom. The summed E-state index contributed by atoms with van der Waals surface area (Å²) in [6.45, 7) is 5.59. The van der Waals surface area contributed by atoms with Gasteiger partial charge in [-0.15, -0.1) is 0 Å².